The molecule has 1 amide bonds. The third kappa shape index (κ3) is 4.48. The van der Waals surface area contributed by atoms with E-state index in [1.54, 1.807) is 6.92 Å². The van der Waals surface area contributed by atoms with Gasteiger partial charge in [0.25, 0.3) is 5.91 Å². The molecular formula is C19H21NO2S2. The van der Waals surface area contributed by atoms with Crippen LogP contribution in [0.25, 0.3) is 0 Å². The first-order chi connectivity index (χ1) is 11.6. The first-order valence-corrected chi connectivity index (χ1v) is 10.1. The second-order valence-corrected chi connectivity index (χ2v) is 8.49. The average Bonchev–Trinajstić information content (AvgIpc) is 3.09. The van der Waals surface area contributed by atoms with E-state index in [0.29, 0.717) is 10.3 Å². The lowest BCUT2D eigenvalue weighted by atomic mass is 10.2. The summed E-state index contributed by atoms with van der Waals surface area (Å²) < 4.78 is 6.21. The maximum absolute atomic E-state index is 12.4. The number of nitrogens with one attached hydrogen (secondary N) is 1. The largest absolute Gasteiger partial charge is 0.481 e. The van der Waals surface area contributed by atoms with Crippen LogP contribution in [-0.2, 0) is 4.79 Å². The Balaban J connectivity index is 1.62. The summed E-state index contributed by atoms with van der Waals surface area (Å²) in [4.78, 5) is 12.4. The van der Waals surface area contributed by atoms with Crippen molar-refractivity contribution >= 4 is 35.1 Å². The Morgan fingerprint density at radius 3 is 2.67 bits per heavy atom. The first-order valence-electron chi connectivity index (χ1n) is 7.99. The Kier molecular flexibility index (Phi) is 5.74. The van der Waals surface area contributed by atoms with E-state index in [9.17, 15) is 4.79 Å². The van der Waals surface area contributed by atoms with Crippen LogP contribution in [0.5, 0.6) is 5.75 Å². The molecule has 1 atom stereocenters. The van der Waals surface area contributed by atoms with Gasteiger partial charge in [-0.15, -0.1) is 23.5 Å². The van der Waals surface area contributed by atoms with Crippen LogP contribution in [0.1, 0.15) is 22.6 Å². The number of ether oxygens (including phenoxy) is 1. The summed E-state index contributed by atoms with van der Waals surface area (Å²) in [5.74, 6) is 2.95. The second-order valence-electron chi connectivity index (χ2n) is 5.76. The van der Waals surface area contributed by atoms with Crippen molar-refractivity contribution in [2.75, 3.05) is 16.8 Å². The predicted molar refractivity (Wildman–Crippen MR) is 104 cm³/mol. The maximum atomic E-state index is 12.4. The minimum absolute atomic E-state index is 0.139. The highest BCUT2D eigenvalue weighted by Crippen LogP contribution is 2.45. The number of anilines is 1. The summed E-state index contributed by atoms with van der Waals surface area (Å²) >= 11 is 3.92. The summed E-state index contributed by atoms with van der Waals surface area (Å²) in [5, 5.41) is 2.96. The van der Waals surface area contributed by atoms with Gasteiger partial charge in [-0.25, -0.2) is 0 Å². The first kappa shape index (κ1) is 17.2. The van der Waals surface area contributed by atoms with E-state index in [0.717, 1.165) is 11.3 Å². The van der Waals surface area contributed by atoms with Gasteiger partial charge >= 0.3 is 0 Å². The molecule has 0 aliphatic carbocycles. The zero-order chi connectivity index (χ0) is 16.9. The van der Waals surface area contributed by atoms with Gasteiger partial charge in [0.1, 0.15) is 5.75 Å². The van der Waals surface area contributed by atoms with Gasteiger partial charge in [-0.05, 0) is 49.2 Å². The summed E-state index contributed by atoms with van der Waals surface area (Å²) in [6, 6.07) is 15.8. The monoisotopic (exact) mass is 359 g/mol. The molecule has 1 heterocycles. The molecule has 1 fully saturated rings. The molecular weight excluding hydrogens is 338 g/mol. The zero-order valence-corrected chi connectivity index (χ0v) is 15.5. The number of carbonyl (C=O) groups excluding carboxylic acids is 1. The van der Waals surface area contributed by atoms with Gasteiger partial charge in [-0.1, -0.05) is 24.3 Å². The van der Waals surface area contributed by atoms with Crippen LogP contribution in [0.2, 0.25) is 0 Å². The zero-order valence-electron chi connectivity index (χ0n) is 13.8. The molecule has 2 aromatic carbocycles. The Morgan fingerprint density at radius 1 is 1.17 bits per heavy atom. The standard InChI is InChI=1S/C19H21NO2S2/c1-13-5-3-8-17(11-13)22-14(2)18(21)20-16-7-4-6-15(12-16)19-23-9-10-24-19/h3-8,11-12,14,19H,9-10H2,1-2H3,(H,20,21). The molecule has 5 heteroatoms. The Hall–Kier alpha value is -1.59. The van der Waals surface area contributed by atoms with Crippen LogP contribution in [0.3, 0.4) is 0 Å². The fraction of sp³-hybridized carbons (Fsp3) is 0.316. The summed E-state index contributed by atoms with van der Waals surface area (Å²) in [6.07, 6.45) is -0.550. The lowest BCUT2D eigenvalue weighted by Gasteiger charge is -2.16. The fourth-order valence-corrected chi connectivity index (χ4v) is 5.34. The summed E-state index contributed by atoms with van der Waals surface area (Å²) in [6.45, 7) is 3.77. The SMILES string of the molecule is Cc1cccc(OC(C)C(=O)Nc2cccc(C3SCCS3)c2)c1. The van der Waals surface area contributed by atoms with Crippen LogP contribution < -0.4 is 10.1 Å². The van der Waals surface area contributed by atoms with Crippen molar-refractivity contribution < 1.29 is 9.53 Å². The molecule has 1 aliphatic heterocycles. The average molecular weight is 360 g/mol. The van der Waals surface area contributed by atoms with Crippen molar-refractivity contribution in [1.29, 1.82) is 0 Å². The molecule has 1 unspecified atom stereocenters. The molecule has 0 aromatic heterocycles. The molecule has 3 rings (SSSR count). The molecule has 126 valence electrons. The molecule has 0 radical (unpaired) electrons. The third-order valence-electron chi connectivity index (χ3n) is 3.72. The van der Waals surface area contributed by atoms with E-state index in [2.05, 4.69) is 17.4 Å². The van der Waals surface area contributed by atoms with Crippen LogP contribution in [0, 0.1) is 6.92 Å². The maximum Gasteiger partial charge on any atom is 0.265 e. The molecule has 0 saturated carbocycles. The lowest BCUT2D eigenvalue weighted by molar-refractivity contribution is -0.122. The van der Waals surface area contributed by atoms with Gasteiger partial charge in [0.2, 0.25) is 0 Å². The van der Waals surface area contributed by atoms with E-state index >= 15 is 0 Å². The summed E-state index contributed by atoms with van der Waals surface area (Å²) in [7, 11) is 0. The number of amides is 1. The molecule has 0 bridgehead atoms. The molecule has 0 spiro atoms. The number of hydrogen-bond acceptors (Lipinski definition) is 4. The van der Waals surface area contributed by atoms with Gasteiger partial charge in [-0.3, -0.25) is 4.79 Å². The van der Waals surface area contributed by atoms with Gasteiger partial charge in [0.05, 0.1) is 4.58 Å². The number of rotatable bonds is 5. The van der Waals surface area contributed by atoms with E-state index in [1.165, 1.54) is 17.1 Å². The topological polar surface area (TPSA) is 38.3 Å². The normalized spacial score (nSPS) is 15.9. The highest BCUT2D eigenvalue weighted by Gasteiger charge is 2.19. The van der Waals surface area contributed by atoms with E-state index in [4.69, 9.17) is 4.74 Å². The van der Waals surface area contributed by atoms with Crippen LogP contribution in [-0.4, -0.2) is 23.5 Å². The van der Waals surface area contributed by atoms with Crippen molar-refractivity contribution in [2.24, 2.45) is 0 Å². The highest BCUT2D eigenvalue weighted by molar-refractivity contribution is 8.19. The Bertz CT molecular complexity index is 714. The smallest absolute Gasteiger partial charge is 0.265 e. The van der Waals surface area contributed by atoms with Gasteiger partial charge < -0.3 is 10.1 Å². The van der Waals surface area contributed by atoms with E-state index in [1.807, 2.05) is 66.8 Å². The van der Waals surface area contributed by atoms with Crippen LogP contribution in [0.15, 0.2) is 48.5 Å². The minimum Gasteiger partial charge on any atom is -0.481 e. The van der Waals surface area contributed by atoms with E-state index < -0.39 is 6.10 Å². The number of thioether (sulfide) groups is 2. The predicted octanol–water partition coefficient (Wildman–Crippen LogP) is 4.88. The third-order valence-corrected chi connectivity index (χ3v) is 6.82. The molecule has 1 N–H and O–H groups in total. The lowest BCUT2D eigenvalue weighted by Crippen LogP contribution is -2.30. The Labute approximate surface area is 151 Å². The van der Waals surface area contributed by atoms with Gasteiger partial charge in [0, 0.05) is 17.2 Å². The second kappa shape index (κ2) is 7.99. The van der Waals surface area contributed by atoms with Crippen molar-refractivity contribution in [1.82, 2.24) is 0 Å². The number of aryl methyl sites for hydroxylation is 1. The van der Waals surface area contributed by atoms with E-state index in [-0.39, 0.29) is 5.91 Å². The molecule has 2 aromatic rings. The molecule has 3 nitrogen and oxygen atoms in total. The van der Waals surface area contributed by atoms with Gasteiger partial charge in [0.15, 0.2) is 6.10 Å². The van der Waals surface area contributed by atoms with Crippen molar-refractivity contribution in [3.63, 3.8) is 0 Å². The molecule has 24 heavy (non-hydrogen) atoms. The number of carbonyl (C=O) groups is 1. The number of hydrogen-bond donors (Lipinski definition) is 1. The van der Waals surface area contributed by atoms with Crippen LogP contribution >= 0.6 is 23.5 Å². The fourth-order valence-electron chi connectivity index (χ4n) is 2.50. The highest BCUT2D eigenvalue weighted by atomic mass is 32.2. The molecule has 1 aliphatic rings. The number of benzene rings is 2. The summed E-state index contributed by atoms with van der Waals surface area (Å²) in [5.41, 5.74) is 3.19. The van der Waals surface area contributed by atoms with Crippen molar-refractivity contribution in [3.8, 4) is 5.75 Å². The van der Waals surface area contributed by atoms with Crippen molar-refractivity contribution in [3.05, 3.63) is 59.7 Å². The quantitative estimate of drug-likeness (QED) is 0.826. The van der Waals surface area contributed by atoms with Gasteiger partial charge in [-0.2, -0.15) is 0 Å². The molecule has 1 saturated heterocycles. The minimum atomic E-state index is -0.550. The van der Waals surface area contributed by atoms with Crippen LogP contribution in [0.4, 0.5) is 5.69 Å². The van der Waals surface area contributed by atoms with Crippen molar-refractivity contribution in [2.45, 2.75) is 24.5 Å². The Morgan fingerprint density at radius 2 is 1.92 bits per heavy atom.